The van der Waals surface area contributed by atoms with Gasteiger partial charge in [-0.1, -0.05) is 15.9 Å². The van der Waals surface area contributed by atoms with Crippen LogP contribution >= 0.6 is 27.7 Å². The van der Waals surface area contributed by atoms with Crippen LogP contribution in [0.4, 0.5) is 15.8 Å². The van der Waals surface area contributed by atoms with E-state index in [0.717, 1.165) is 5.56 Å². The van der Waals surface area contributed by atoms with Crippen molar-refractivity contribution in [3.05, 3.63) is 97.1 Å². The summed E-state index contributed by atoms with van der Waals surface area (Å²) >= 11 is 4.67. The average Bonchev–Trinajstić information content (AvgIpc) is 3.19. The molecule has 0 saturated carbocycles. The number of amides is 1. The monoisotopic (exact) mass is 557 g/mol. The zero-order valence-electron chi connectivity index (χ0n) is 18.2. The second-order valence-corrected chi connectivity index (χ2v) is 9.08. The van der Waals surface area contributed by atoms with E-state index in [1.165, 1.54) is 55.3 Å². The molecule has 178 valence electrons. The Bertz CT molecular complexity index is 1340. The molecular weight excluding hydrogens is 541 g/mol. The molecule has 0 atom stereocenters. The fourth-order valence-corrected chi connectivity index (χ4v) is 4.33. The number of methoxy groups -OCH3 is 1. The number of hydrogen-bond donors (Lipinski definition) is 1. The maximum Gasteiger partial charge on any atom is 0.269 e. The molecule has 4 rings (SSSR count). The lowest BCUT2D eigenvalue weighted by Crippen LogP contribution is -2.19. The van der Waals surface area contributed by atoms with Gasteiger partial charge in [0.2, 0.25) is 0 Å². The summed E-state index contributed by atoms with van der Waals surface area (Å²) in [5.41, 5.74) is 1.97. The van der Waals surface area contributed by atoms with Gasteiger partial charge >= 0.3 is 0 Å². The van der Waals surface area contributed by atoms with E-state index in [-0.39, 0.29) is 24.0 Å². The van der Waals surface area contributed by atoms with E-state index in [1.807, 2.05) is 0 Å². The molecule has 0 radical (unpaired) electrons. The third-order valence-electron chi connectivity index (χ3n) is 4.82. The maximum atomic E-state index is 13.1. The van der Waals surface area contributed by atoms with Crippen LogP contribution in [0, 0.1) is 15.9 Å². The number of carbonyl (C=O) groups excluding carboxylic acids is 1. The van der Waals surface area contributed by atoms with Crippen LogP contribution in [0.25, 0.3) is 6.08 Å². The second kappa shape index (κ2) is 10.7. The molecule has 1 amide bonds. The van der Waals surface area contributed by atoms with Crippen molar-refractivity contribution in [3.8, 4) is 11.5 Å². The lowest BCUT2D eigenvalue weighted by atomic mass is 10.1. The van der Waals surface area contributed by atoms with Crippen LogP contribution in [-0.2, 0) is 11.4 Å². The molecule has 1 N–H and O–H groups in total. The van der Waals surface area contributed by atoms with E-state index in [9.17, 15) is 19.3 Å². The standard InChI is InChI=1S/C24H17BrFN3O5S/c1-33-20-10-15(11-22-23(30)28-24(35-22)27-17-6-4-16(26)5-7-17)19(25)12-21(20)34-13-14-2-8-18(9-3-14)29(31)32/h2-12H,13H2,1H3,(H,27,28,30)/b22-11+. The first kappa shape index (κ1) is 24.4. The largest absolute Gasteiger partial charge is 0.493 e. The van der Waals surface area contributed by atoms with Crippen LogP contribution in [0.1, 0.15) is 11.1 Å². The number of nitro benzene ring substituents is 1. The Labute approximate surface area is 212 Å². The molecule has 0 aliphatic carbocycles. The fourth-order valence-electron chi connectivity index (χ4n) is 3.06. The van der Waals surface area contributed by atoms with Crippen LogP contribution in [0.15, 0.2) is 75.0 Å². The summed E-state index contributed by atoms with van der Waals surface area (Å²) in [4.78, 5) is 27.5. The molecular formula is C24H17BrFN3O5S. The fraction of sp³-hybridized carbons (Fsp3) is 0.0833. The van der Waals surface area contributed by atoms with E-state index in [2.05, 4.69) is 26.2 Å². The smallest absolute Gasteiger partial charge is 0.269 e. The molecule has 3 aromatic carbocycles. The minimum atomic E-state index is -0.460. The van der Waals surface area contributed by atoms with Gasteiger partial charge in [0.25, 0.3) is 11.6 Å². The van der Waals surface area contributed by atoms with Crippen molar-refractivity contribution in [3.63, 3.8) is 0 Å². The maximum absolute atomic E-state index is 13.1. The van der Waals surface area contributed by atoms with Crippen LogP contribution in [0.2, 0.25) is 0 Å². The molecule has 0 aromatic heterocycles. The minimum Gasteiger partial charge on any atom is -0.493 e. The van der Waals surface area contributed by atoms with Crippen molar-refractivity contribution in [1.29, 1.82) is 0 Å². The van der Waals surface area contributed by atoms with Gasteiger partial charge in [0.15, 0.2) is 16.7 Å². The van der Waals surface area contributed by atoms with Crippen molar-refractivity contribution < 1.29 is 23.6 Å². The molecule has 1 aliphatic heterocycles. The second-order valence-electron chi connectivity index (χ2n) is 7.19. The molecule has 8 nitrogen and oxygen atoms in total. The molecule has 0 unspecified atom stereocenters. The summed E-state index contributed by atoms with van der Waals surface area (Å²) in [5.74, 6) is 0.240. The first-order valence-corrected chi connectivity index (χ1v) is 11.7. The summed E-state index contributed by atoms with van der Waals surface area (Å²) in [6.07, 6.45) is 1.69. The highest BCUT2D eigenvalue weighted by Gasteiger charge is 2.24. The number of amidine groups is 1. The van der Waals surface area contributed by atoms with Crippen LogP contribution in [0.5, 0.6) is 11.5 Å². The number of halogens is 2. The normalized spacial score (nSPS) is 15.3. The lowest BCUT2D eigenvalue weighted by molar-refractivity contribution is -0.384. The number of hydrogen-bond acceptors (Lipinski definition) is 7. The first-order chi connectivity index (χ1) is 16.8. The number of aliphatic imine (C=N–C) groups is 1. The highest BCUT2D eigenvalue weighted by molar-refractivity contribution is 9.10. The number of ether oxygens (including phenoxy) is 2. The van der Waals surface area contributed by atoms with E-state index in [1.54, 1.807) is 30.3 Å². The Morgan fingerprint density at radius 3 is 2.51 bits per heavy atom. The van der Waals surface area contributed by atoms with Gasteiger partial charge < -0.3 is 14.8 Å². The van der Waals surface area contributed by atoms with Crippen molar-refractivity contribution in [2.75, 3.05) is 7.11 Å². The Kier molecular flexibility index (Phi) is 7.47. The van der Waals surface area contributed by atoms with E-state index in [0.29, 0.717) is 37.3 Å². The van der Waals surface area contributed by atoms with Gasteiger partial charge in [-0.25, -0.2) is 9.38 Å². The van der Waals surface area contributed by atoms with E-state index in [4.69, 9.17) is 9.47 Å². The summed E-state index contributed by atoms with van der Waals surface area (Å²) in [7, 11) is 1.50. The number of non-ortho nitro benzene ring substituents is 1. The Hall–Kier alpha value is -3.70. The quantitative estimate of drug-likeness (QED) is 0.218. The number of thioether (sulfide) groups is 1. The number of benzene rings is 3. The molecule has 1 aliphatic rings. The topological polar surface area (TPSA) is 103 Å². The molecule has 0 bridgehead atoms. The van der Waals surface area contributed by atoms with Gasteiger partial charge in [-0.05, 0) is 77.5 Å². The van der Waals surface area contributed by atoms with Gasteiger partial charge in [0, 0.05) is 16.6 Å². The number of nitrogens with one attached hydrogen (secondary N) is 1. The van der Waals surface area contributed by atoms with Crippen molar-refractivity contribution >= 4 is 56.2 Å². The Balaban J connectivity index is 1.51. The van der Waals surface area contributed by atoms with Gasteiger partial charge in [0.05, 0.1) is 22.6 Å². The van der Waals surface area contributed by atoms with Crippen LogP contribution < -0.4 is 14.8 Å². The average molecular weight is 558 g/mol. The molecule has 1 saturated heterocycles. The van der Waals surface area contributed by atoms with Crippen LogP contribution in [0.3, 0.4) is 0 Å². The predicted molar refractivity (Wildman–Crippen MR) is 135 cm³/mol. The predicted octanol–water partition coefficient (Wildman–Crippen LogP) is 5.98. The Morgan fingerprint density at radius 1 is 1.14 bits per heavy atom. The van der Waals surface area contributed by atoms with Gasteiger partial charge in [-0.2, -0.15) is 0 Å². The highest BCUT2D eigenvalue weighted by Crippen LogP contribution is 2.37. The van der Waals surface area contributed by atoms with E-state index >= 15 is 0 Å². The van der Waals surface area contributed by atoms with E-state index < -0.39 is 4.92 Å². The Morgan fingerprint density at radius 2 is 1.86 bits per heavy atom. The third kappa shape index (κ3) is 6.06. The zero-order valence-corrected chi connectivity index (χ0v) is 20.6. The SMILES string of the molecule is COc1cc(/C=C2/SC(=Nc3ccc(F)cc3)NC2=O)c(Br)cc1OCc1ccc([N+](=O)[O-])cc1. The minimum absolute atomic E-state index is 0.00570. The third-order valence-corrected chi connectivity index (χ3v) is 6.42. The number of nitro groups is 1. The van der Waals surface area contributed by atoms with Gasteiger partial charge in [-0.3, -0.25) is 14.9 Å². The molecule has 1 fully saturated rings. The highest BCUT2D eigenvalue weighted by atomic mass is 79.9. The van der Waals surface area contributed by atoms with Crippen molar-refractivity contribution in [2.24, 2.45) is 4.99 Å². The summed E-state index contributed by atoms with van der Waals surface area (Å²) < 4.78 is 25.1. The summed E-state index contributed by atoms with van der Waals surface area (Å²) in [6.45, 7) is 0.183. The zero-order chi connectivity index (χ0) is 24.9. The summed E-state index contributed by atoms with van der Waals surface area (Å²) in [6, 6.07) is 15.2. The summed E-state index contributed by atoms with van der Waals surface area (Å²) in [5, 5.41) is 13.9. The molecule has 1 heterocycles. The molecule has 35 heavy (non-hydrogen) atoms. The molecule has 11 heteroatoms. The van der Waals surface area contributed by atoms with Gasteiger partial charge in [-0.15, -0.1) is 0 Å². The van der Waals surface area contributed by atoms with Crippen molar-refractivity contribution in [1.82, 2.24) is 5.32 Å². The van der Waals surface area contributed by atoms with Gasteiger partial charge in [0.1, 0.15) is 12.4 Å². The van der Waals surface area contributed by atoms with Crippen LogP contribution in [-0.4, -0.2) is 23.1 Å². The number of rotatable bonds is 7. The molecule has 0 spiro atoms. The number of nitrogens with zero attached hydrogens (tertiary/aromatic N) is 2. The first-order valence-electron chi connectivity index (χ1n) is 10.1. The number of carbonyl (C=O) groups is 1. The van der Waals surface area contributed by atoms with Crippen molar-refractivity contribution in [2.45, 2.75) is 6.61 Å². The lowest BCUT2D eigenvalue weighted by Gasteiger charge is -2.13. The molecule has 3 aromatic rings.